The standard InChI is InChI=1S/C24H27F/c1-2-3-4-19-5-7-20(8-6-19)9-10-21-11-13-22(14-12-21)23-15-17-24(25)18-16-23/h11-20H,2-8H2,1H3/t19-,20-. The minimum Gasteiger partial charge on any atom is -0.207 e. The van der Waals surface area contributed by atoms with Gasteiger partial charge in [-0.05, 0) is 67.0 Å². The molecule has 0 aromatic heterocycles. The molecule has 1 aliphatic rings. The first-order valence-corrected chi connectivity index (χ1v) is 9.62. The molecule has 0 atom stereocenters. The van der Waals surface area contributed by atoms with Crippen molar-refractivity contribution in [1.29, 1.82) is 0 Å². The van der Waals surface area contributed by atoms with E-state index < -0.39 is 0 Å². The summed E-state index contributed by atoms with van der Waals surface area (Å²) in [5.74, 6) is 8.14. The van der Waals surface area contributed by atoms with Crippen LogP contribution >= 0.6 is 0 Å². The van der Waals surface area contributed by atoms with Gasteiger partial charge in [0.05, 0.1) is 0 Å². The Morgan fingerprint density at radius 2 is 1.48 bits per heavy atom. The number of unbranched alkanes of at least 4 members (excludes halogenated alkanes) is 1. The Balaban J connectivity index is 1.56. The molecule has 0 nitrogen and oxygen atoms in total. The summed E-state index contributed by atoms with van der Waals surface area (Å²) in [6, 6.07) is 14.9. The van der Waals surface area contributed by atoms with Crippen molar-refractivity contribution < 1.29 is 4.39 Å². The van der Waals surface area contributed by atoms with E-state index in [0.717, 1.165) is 22.6 Å². The van der Waals surface area contributed by atoms with E-state index in [1.807, 2.05) is 12.1 Å². The zero-order valence-electron chi connectivity index (χ0n) is 15.1. The number of halogens is 1. The van der Waals surface area contributed by atoms with Crippen LogP contribution in [0.15, 0.2) is 48.5 Å². The summed E-state index contributed by atoms with van der Waals surface area (Å²) in [5.41, 5.74) is 3.20. The molecule has 0 bridgehead atoms. The van der Waals surface area contributed by atoms with Crippen LogP contribution in [0.25, 0.3) is 11.1 Å². The minimum absolute atomic E-state index is 0.198. The third-order valence-corrected chi connectivity index (χ3v) is 5.30. The van der Waals surface area contributed by atoms with Crippen molar-refractivity contribution in [2.45, 2.75) is 51.9 Å². The minimum atomic E-state index is -0.198. The number of hydrogen-bond acceptors (Lipinski definition) is 0. The van der Waals surface area contributed by atoms with Gasteiger partial charge >= 0.3 is 0 Å². The Kier molecular flexibility index (Phi) is 6.29. The fourth-order valence-electron chi connectivity index (χ4n) is 3.66. The molecule has 0 amide bonds. The SMILES string of the molecule is CCCC[C@H]1CC[C@H](C#Cc2ccc(-c3ccc(F)cc3)cc2)CC1. The highest BCUT2D eigenvalue weighted by Crippen LogP contribution is 2.31. The molecule has 3 rings (SSSR count). The van der Waals surface area contributed by atoms with Crippen molar-refractivity contribution >= 4 is 0 Å². The van der Waals surface area contributed by atoms with Gasteiger partial charge in [-0.2, -0.15) is 0 Å². The monoisotopic (exact) mass is 334 g/mol. The molecule has 0 unspecified atom stereocenters. The summed E-state index contributed by atoms with van der Waals surface area (Å²) in [7, 11) is 0. The number of hydrogen-bond donors (Lipinski definition) is 0. The maximum Gasteiger partial charge on any atom is 0.123 e. The molecule has 1 heteroatoms. The van der Waals surface area contributed by atoms with Crippen LogP contribution in [-0.2, 0) is 0 Å². The summed E-state index contributed by atoms with van der Waals surface area (Å²) in [6.07, 6.45) is 9.31. The van der Waals surface area contributed by atoms with Gasteiger partial charge in [0.25, 0.3) is 0 Å². The third kappa shape index (κ3) is 5.20. The van der Waals surface area contributed by atoms with E-state index in [1.165, 1.54) is 57.1 Å². The van der Waals surface area contributed by atoms with Gasteiger partial charge < -0.3 is 0 Å². The molecule has 0 N–H and O–H groups in total. The number of rotatable bonds is 4. The van der Waals surface area contributed by atoms with Crippen molar-refractivity contribution in [3.05, 3.63) is 59.9 Å². The molecular weight excluding hydrogens is 307 g/mol. The van der Waals surface area contributed by atoms with E-state index in [1.54, 1.807) is 0 Å². The average molecular weight is 334 g/mol. The molecule has 25 heavy (non-hydrogen) atoms. The van der Waals surface area contributed by atoms with Crippen LogP contribution < -0.4 is 0 Å². The Morgan fingerprint density at radius 1 is 0.880 bits per heavy atom. The average Bonchev–Trinajstić information content (AvgIpc) is 2.67. The first-order valence-electron chi connectivity index (χ1n) is 9.62. The summed E-state index contributed by atoms with van der Waals surface area (Å²) >= 11 is 0. The maximum absolute atomic E-state index is 13.0. The second-order valence-corrected chi connectivity index (χ2v) is 7.21. The van der Waals surface area contributed by atoms with E-state index in [9.17, 15) is 4.39 Å². The van der Waals surface area contributed by atoms with E-state index in [-0.39, 0.29) is 5.82 Å². The molecule has 0 aliphatic heterocycles. The lowest BCUT2D eigenvalue weighted by Gasteiger charge is -2.25. The molecule has 0 saturated heterocycles. The topological polar surface area (TPSA) is 0 Å². The summed E-state index contributed by atoms with van der Waals surface area (Å²) < 4.78 is 13.0. The quantitative estimate of drug-likeness (QED) is 0.537. The third-order valence-electron chi connectivity index (χ3n) is 5.30. The molecule has 1 fully saturated rings. The van der Waals surface area contributed by atoms with Gasteiger partial charge in [-0.1, -0.05) is 62.3 Å². The van der Waals surface area contributed by atoms with Crippen molar-refractivity contribution in [2.75, 3.05) is 0 Å². The van der Waals surface area contributed by atoms with Gasteiger partial charge in [0, 0.05) is 11.5 Å². The second kappa shape index (κ2) is 8.86. The van der Waals surface area contributed by atoms with Crippen LogP contribution in [0.2, 0.25) is 0 Å². The summed E-state index contributed by atoms with van der Waals surface area (Å²) in [4.78, 5) is 0. The Labute approximate surface area is 151 Å². The fraction of sp³-hybridized carbons (Fsp3) is 0.417. The van der Waals surface area contributed by atoms with Crippen LogP contribution in [0.3, 0.4) is 0 Å². The van der Waals surface area contributed by atoms with E-state index in [2.05, 4.69) is 43.0 Å². The lowest BCUT2D eigenvalue weighted by atomic mass is 9.80. The molecule has 2 aromatic carbocycles. The Morgan fingerprint density at radius 3 is 2.08 bits per heavy atom. The van der Waals surface area contributed by atoms with E-state index >= 15 is 0 Å². The van der Waals surface area contributed by atoms with Crippen molar-refractivity contribution in [2.24, 2.45) is 11.8 Å². The molecule has 1 aliphatic carbocycles. The first kappa shape index (κ1) is 17.7. The van der Waals surface area contributed by atoms with Crippen molar-refractivity contribution in [1.82, 2.24) is 0 Å². The van der Waals surface area contributed by atoms with E-state index in [0.29, 0.717) is 5.92 Å². The highest BCUT2D eigenvalue weighted by atomic mass is 19.1. The molecule has 0 spiro atoms. The zero-order chi connectivity index (χ0) is 17.5. The fourth-order valence-corrected chi connectivity index (χ4v) is 3.66. The molecule has 2 aromatic rings. The van der Waals surface area contributed by atoms with Crippen LogP contribution in [-0.4, -0.2) is 0 Å². The highest BCUT2D eigenvalue weighted by Gasteiger charge is 2.19. The Bertz CT molecular complexity index is 707. The van der Waals surface area contributed by atoms with Crippen molar-refractivity contribution in [3.8, 4) is 23.0 Å². The first-order chi connectivity index (χ1) is 12.2. The summed E-state index contributed by atoms with van der Waals surface area (Å²) in [5, 5.41) is 0. The van der Waals surface area contributed by atoms with Gasteiger partial charge in [-0.25, -0.2) is 4.39 Å². The predicted octanol–water partition coefficient (Wildman–Crippen LogP) is 6.84. The predicted molar refractivity (Wildman–Crippen MR) is 104 cm³/mol. The second-order valence-electron chi connectivity index (χ2n) is 7.21. The molecule has 1 saturated carbocycles. The van der Waals surface area contributed by atoms with Crippen LogP contribution in [0.1, 0.15) is 57.4 Å². The number of benzene rings is 2. The molecule has 130 valence electrons. The van der Waals surface area contributed by atoms with Gasteiger partial charge in [0.2, 0.25) is 0 Å². The zero-order valence-corrected chi connectivity index (χ0v) is 15.1. The van der Waals surface area contributed by atoms with Gasteiger partial charge in [0.1, 0.15) is 5.82 Å². The van der Waals surface area contributed by atoms with Crippen LogP contribution in [0.4, 0.5) is 4.39 Å². The Hall–Kier alpha value is -2.07. The normalized spacial score (nSPS) is 19.9. The highest BCUT2D eigenvalue weighted by molar-refractivity contribution is 5.64. The van der Waals surface area contributed by atoms with Crippen LogP contribution in [0.5, 0.6) is 0 Å². The van der Waals surface area contributed by atoms with Gasteiger partial charge in [-0.15, -0.1) is 0 Å². The van der Waals surface area contributed by atoms with Crippen molar-refractivity contribution in [3.63, 3.8) is 0 Å². The van der Waals surface area contributed by atoms with Crippen LogP contribution in [0, 0.1) is 29.5 Å². The maximum atomic E-state index is 13.0. The van der Waals surface area contributed by atoms with E-state index in [4.69, 9.17) is 0 Å². The molecular formula is C24H27F. The largest absolute Gasteiger partial charge is 0.207 e. The van der Waals surface area contributed by atoms with Gasteiger partial charge in [-0.3, -0.25) is 0 Å². The van der Waals surface area contributed by atoms with Gasteiger partial charge in [0.15, 0.2) is 0 Å². The lowest BCUT2D eigenvalue weighted by Crippen LogP contribution is -2.13. The molecule has 0 radical (unpaired) electrons. The summed E-state index contributed by atoms with van der Waals surface area (Å²) in [6.45, 7) is 2.28. The smallest absolute Gasteiger partial charge is 0.123 e. The lowest BCUT2D eigenvalue weighted by molar-refractivity contribution is 0.296. The molecule has 0 heterocycles.